The van der Waals surface area contributed by atoms with Crippen LogP contribution in [-0.4, -0.2) is 16.5 Å². The summed E-state index contributed by atoms with van der Waals surface area (Å²) in [4.78, 5) is 2.67. The first-order valence-corrected chi connectivity index (χ1v) is 4.18. The van der Waals surface area contributed by atoms with Gasteiger partial charge in [-0.2, -0.15) is 13.2 Å². The quantitative estimate of drug-likeness (QED) is 0.846. The van der Waals surface area contributed by atoms with Crippen LogP contribution in [0.3, 0.4) is 0 Å². The van der Waals surface area contributed by atoms with E-state index in [0.29, 0.717) is 0 Å². The van der Waals surface area contributed by atoms with Crippen LogP contribution in [0.5, 0.6) is 5.75 Å². The average Bonchev–Trinajstić information content (AvgIpc) is 2.17. The van der Waals surface area contributed by atoms with Crippen molar-refractivity contribution in [2.45, 2.75) is 19.1 Å². The second-order valence-corrected chi connectivity index (χ2v) is 2.97. The molecule has 0 unspecified atom stereocenters. The molecule has 1 N–H and O–H groups in total. The summed E-state index contributed by atoms with van der Waals surface area (Å²) in [5.74, 6) is -3.50. The molecule has 0 atom stereocenters. The van der Waals surface area contributed by atoms with Gasteiger partial charge >= 0.3 is 12.5 Å². The minimum absolute atomic E-state index is 0.250. The molecule has 1 rings (SSSR count). The average molecular weight is 279 g/mol. The molecule has 18 heavy (non-hydrogen) atoms. The highest BCUT2D eigenvalue weighted by Gasteiger charge is 2.38. The van der Waals surface area contributed by atoms with Crippen molar-refractivity contribution in [1.29, 1.82) is 0 Å². The topological polar surface area (TPSA) is 42.4 Å². The molecule has 0 radical (unpaired) electrons. The fourth-order valence-corrected chi connectivity index (χ4v) is 1.03. The molecule has 0 saturated heterocycles. The lowest BCUT2D eigenvalue weighted by Crippen LogP contribution is -2.21. The summed E-state index contributed by atoms with van der Waals surface area (Å²) < 4.78 is 88.3. The largest absolute Gasteiger partial charge is 0.573 e. The van der Waals surface area contributed by atoms with Crippen LogP contribution in [0.25, 0.3) is 0 Å². The minimum Gasteiger partial charge on any atom is -0.401 e. The maximum absolute atomic E-state index is 13.1. The predicted octanol–water partition coefficient (Wildman–Crippen LogP) is 2.63. The summed E-state index contributed by atoms with van der Waals surface area (Å²) in [6.45, 7) is -1.34. The molecule has 0 fully saturated rings. The Morgan fingerprint density at radius 3 is 2.11 bits per heavy atom. The van der Waals surface area contributed by atoms with Gasteiger partial charge in [0.1, 0.15) is 11.4 Å². The third-order valence-corrected chi connectivity index (χ3v) is 1.66. The van der Waals surface area contributed by atoms with E-state index in [2.05, 4.69) is 9.72 Å². The molecule has 0 spiro atoms. The van der Waals surface area contributed by atoms with Crippen LogP contribution in [0.15, 0.2) is 6.07 Å². The fourth-order valence-electron chi connectivity index (χ4n) is 1.03. The first-order valence-electron chi connectivity index (χ1n) is 4.18. The molecular formula is C8H4F7NO2. The molecule has 0 aliphatic heterocycles. The molecule has 0 saturated carbocycles. The zero-order chi connectivity index (χ0) is 14.1. The molecule has 3 nitrogen and oxygen atoms in total. The molecule has 0 amide bonds. The Morgan fingerprint density at radius 2 is 1.72 bits per heavy atom. The lowest BCUT2D eigenvalue weighted by molar-refractivity contribution is -0.276. The van der Waals surface area contributed by atoms with Gasteiger partial charge in [-0.25, -0.2) is 9.37 Å². The van der Waals surface area contributed by atoms with Crippen molar-refractivity contribution in [3.63, 3.8) is 0 Å². The maximum atomic E-state index is 13.1. The van der Waals surface area contributed by atoms with Crippen LogP contribution in [0.4, 0.5) is 30.7 Å². The van der Waals surface area contributed by atoms with E-state index in [0.717, 1.165) is 0 Å². The number of hydrogen-bond donors (Lipinski definition) is 1. The van der Waals surface area contributed by atoms with E-state index in [-0.39, 0.29) is 6.07 Å². The van der Waals surface area contributed by atoms with E-state index in [1.165, 1.54) is 0 Å². The monoisotopic (exact) mass is 279 g/mol. The highest BCUT2D eigenvalue weighted by Crippen LogP contribution is 2.34. The molecule has 0 bridgehead atoms. The van der Waals surface area contributed by atoms with Gasteiger partial charge in [0.05, 0.1) is 6.61 Å². The van der Waals surface area contributed by atoms with Gasteiger partial charge in [0, 0.05) is 6.07 Å². The van der Waals surface area contributed by atoms with Crippen LogP contribution < -0.4 is 4.74 Å². The summed E-state index contributed by atoms with van der Waals surface area (Å²) in [7, 11) is 0. The van der Waals surface area contributed by atoms with Crippen LogP contribution in [-0.2, 0) is 12.8 Å². The fraction of sp³-hybridized carbons (Fsp3) is 0.375. The highest BCUT2D eigenvalue weighted by atomic mass is 19.4. The Labute approximate surface area is 94.8 Å². The number of alkyl halides is 6. The second-order valence-electron chi connectivity index (χ2n) is 2.97. The highest BCUT2D eigenvalue weighted by molar-refractivity contribution is 5.32. The van der Waals surface area contributed by atoms with Crippen LogP contribution in [0.1, 0.15) is 11.4 Å². The van der Waals surface area contributed by atoms with Crippen LogP contribution in [0.2, 0.25) is 0 Å². The molecule has 1 aromatic heterocycles. The Kier molecular flexibility index (Phi) is 3.70. The van der Waals surface area contributed by atoms with Crippen molar-refractivity contribution in [2.24, 2.45) is 0 Å². The lowest BCUT2D eigenvalue weighted by atomic mass is 10.2. The lowest BCUT2D eigenvalue weighted by Gasteiger charge is -2.14. The van der Waals surface area contributed by atoms with Crippen molar-refractivity contribution in [2.75, 3.05) is 0 Å². The van der Waals surface area contributed by atoms with Crippen molar-refractivity contribution in [3.8, 4) is 5.75 Å². The normalized spacial score (nSPS) is 12.7. The third-order valence-electron chi connectivity index (χ3n) is 1.66. The van der Waals surface area contributed by atoms with Crippen LogP contribution >= 0.6 is 0 Å². The molecule has 0 aromatic carbocycles. The Balaban J connectivity index is 3.29. The van der Waals surface area contributed by atoms with Crippen molar-refractivity contribution >= 4 is 0 Å². The van der Waals surface area contributed by atoms with Gasteiger partial charge in [0.25, 0.3) is 0 Å². The van der Waals surface area contributed by atoms with E-state index < -0.39 is 42.1 Å². The molecule has 0 aliphatic carbocycles. The molecule has 1 heterocycles. The molecule has 1 aromatic rings. The maximum Gasteiger partial charge on any atom is 0.573 e. The Morgan fingerprint density at radius 1 is 1.17 bits per heavy atom. The first-order chi connectivity index (χ1) is 8.04. The number of rotatable bonds is 2. The first kappa shape index (κ1) is 14.5. The summed E-state index contributed by atoms with van der Waals surface area (Å²) in [6, 6.07) is -0.250. The van der Waals surface area contributed by atoms with Gasteiger partial charge in [-0.05, 0) is 0 Å². The number of aromatic nitrogens is 1. The zero-order valence-electron chi connectivity index (χ0n) is 8.23. The van der Waals surface area contributed by atoms with E-state index >= 15 is 0 Å². The number of aliphatic hydroxyl groups excluding tert-OH is 1. The SMILES string of the molecule is OCc1nc(C(F)(F)F)cc(F)c1OC(F)(F)F. The standard InChI is InChI=1S/C8H4F7NO2/c9-3-1-5(7(10,11)12)16-4(2-17)6(3)18-8(13,14)15/h1,17H,2H2. The summed E-state index contributed by atoms with van der Waals surface area (Å²) in [5, 5.41) is 8.59. The number of pyridine rings is 1. The molecule has 10 heteroatoms. The van der Waals surface area contributed by atoms with Gasteiger partial charge in [0.2, 0.25) is 0 Å². The van der Waals surface area contributed by atoms with Crippen molar-refractivity contribution in [1.82, 2.24) is 4.98 Å². The minimum atomic E-state index is -5.31. The van der Waals surface area contributed by atoms with Gasteiger partial charge in [-0.3, -0.25) is 0 Å². The Bertz CT molecular complexity index is 440. The van der Waals surface area contributed by atoms with E-state index in [1.807, 2.05) is 0 Å². The van der Waals surface area contributed by atoms with Crippen LogP contribution in [0, 0.1) is 5.82 Å². The molecule has 0 aliphatic rings. The number of aliphatic hydroxyl groups is 1. The summed E-state index contributed by atoms with van der Waals surface area (Å²) in [6.07, 6.45) is -10.4. The summed E-state index contributed by atoms with van der Waals surface area (Å²) in [5.41, 5.74) is -2.96. The Hall–Kier alpha value is -1.58. The van der Waals surface area contributed by atoms with Gasteiger partial charge in [-0.15, -0.1) is 13.2 Å². The molecular weight excluding hydrogens is 275 g/mol. The van der Waals surface area contributed by atoms with E-state index in [1.54, 1.807) is 0 Å². The number of hydrogen-bond acceptors (Lipinski definition) is 3. The van der Waals surface area contributed by atoms with Crippen molar-refractivity contribution < 1.29 is 40.6 Å². The second kappa shape index (κ2) is 4.59. The number of nitrogens with zero attached hydrogens (tertiary/aromatic N) is 1. The van der Waals surface area contributed by atoms with Crippen molar-refractivity contribution in [3.05, 3.63) is 23.3 Å². The number of halogens is 7. The molecule has 102 valence electrons. The van der Waals surface area contributed by atoms with Gasteiger partial charge < -0.3 is 9.84 Å². The third kappa shape index (κ3) is 3.45. The predicted molar refractivity (Wildman–Crippen MR) is 41.8 cm³/mol. The smallest absolute Gasteiger partial charge is 0.401 e. The van der Waals surface area contributed by atoms with Gasteiger partial charge in [-0.1, -0.05) is 0 Å². The number of ether oxygens (including phenoxy) is 1. The zero-order valence-corrected chi connectivity index (χ0v) is 8.23. The summed E-state index contributed by atoms with van der Waals surface area (Å²) >= 11 is 0. The van der Waals surface area contributed by atoms with Gasteiger partial charge in [0.15, 0.2) is 11.6 Å². The van der Waals surface area contributed by atoms with E-state index in [9.17, 15) is 30.7 Å². The van der Waals surface area contributed by atoms with E-state index in [4.69, 9.17) is 5.11 Å².